The van der Waals surface area contributed by atoms with E-state index in [1.807, 2.05) is 51.9 Å². The van der Waals surface area contributed by atoms with Crippen molar-refractivity contribution in [2.45, 2.75) is 25.5 Å². The van der Waals surface area contributed by atoms with Gasteiger partial charge in [0.2, 0.25) is 0 Å². The van der Waals surface area contributed by atoms with Gasteiger partial charge in [0, 0.05) is 37.3 Å². The van der Waals surface area contributed by atoms with Crippen LogP contribution in [0.15, 0.2) is 70.1 Å². The third-order valence-corrected chi connectivity index (χ3v) is 5.86. The summed E-state index contributed by atoms with van der Waals surface area (Å²) in [5.74, 6) is 1.72. The highest BCUT2D eigenvalue weighted by Crippen LogP contribution is 2.35. The zero-order valence-corrected chi connectivity index (χ0v) is 16.0. The first-order valence-corrected chi connectivity index (χ1v) is 9.92. The number of hydrogen-bond acceptors (Lipinski definition) is 4. The number of amides is 1. The summed E-state index contributed by atoms with van der Waals surface area (Å²) in [5, 5.41) is 0. The Labute approximate surface area is 168 Å². The number of benzene rings is 1. The molecule has 2 aliphatic heterocycles. The molecule has 0 radical (unpaired) electrons. The number of likely N-dealkylation sites (tertiary alicyclic amines) is 1. The number of carbonyl (C=O) groups is 1. The number of fused-ring (bicyclic) bond motifs is 4. The Kier molecular flexibility index (Phi) is 4.46. The quantitative estimate of drug-likeness (QED) is 0.686. The van der Waals surface area contributed by atoms with Gasteiger partial charge in [-0.05, 0) is 36.6 Å². The van der Waals surface area contributed by atoms with Crippen molar-refractivity contribution in [3.63, 3.8) is 0 Å². The molecule has 5 rings (SSSR count). The van der Waals surface area contributed by atoms with Crippen LogP contribution >= 0.6 is 0 Å². The van der Waals surface area contributed by atoms with Crippen LogP contribution in [-0.4, -0.2) is 28.5 Å². The largest absolute Gasteiger partial charge is 0.486 e. The Morgan fingerprint density at radius 1 is 1.03 bits per heavy atom. The lowest BCUT2D eigenvalue weighted by atomic mass is 9.83. The Bertz CT molecular complexity index is 1090. The van der Waals surface area contributed by atoms with Gasteiger partial charge in [0.05, 0.1) is 11.8 Å². The molecule has 2 unspecified atom stereocenters. The first-order valence-electron chi connectivity index (χ1n) is 9.92. The van der Waals surface area contributed by atoms with Crippen molar-refractivity contribution in [2.75, 3.05) is 13.1 Å². The van der Waals surface area contributed by atoms with Crippen LogP contribution in [0.25, 0.3) is 0 Å². The van der Waals surface area contributed by atoms with Crippen molar-refractivity contribution in [3.8, 4) is 5.75 Å². The molecular weight excluding hydrogens is 368 g/mol. The lowest BCUT2D eigenvalue weighted by Gasteiger charge is -2.42. The SMILES string of the molecule is O=C(c1ccoc1COc1ccccc1)N1CC2CC(C1)c1cccc(=O)n1C2. The minimum absolute atomic E-state index is 0.0353. The van der Waals surface area contributed by atoms with Gasteiger partial charge in [-0.3, -0.25) is 9.59 Å². The van der Waals surface area contributed by atoms with E-state index in [2.05, 4.69) is 0 Å². The smallest absolute Gasteiger partial charge is 0.257 e. The number of furan rings is 1. The van der Waals surface area contributed by atoms with E-state index in [4.69, 9.17) is 9.15 Å². The van der Waals surface area contributed by atoms with E-state index in [-0.39, 0.29) is 24.0 Å². The number of pyridine rings is 1. The van der Waals surface area contributed by atoms with E-state index in [1.54, 1.807) is 12.1 Å². The van der Waals surface area contributed by atoms with E-state index in [1.165, 1.54) is 6.26 Å². The predicted octanol–water partition coefficient (Wildman–Crippen LogP) is 3.28. The Morgan fingerprint density at radius 2 is 1.90 bits per heavy atom. The monoisotopic (exact) mass is 390 g/mol. The molecule has 6 nitrogen and oxygen atoms in total. The molecule has 2 aliphatic rings. The van der Waals surface area contributed by atoms with Gasteiger partial charge in [0.1, 0.15) is 12.4 Å². The van der Waals surface area contributed by atoms with Crippen LogP contribution in [-0.2, 0) is 13.2 Å². The van der Waals surface area contributed by atoms with Crippen molar-refractivity contribution >= 4 is 5.91 Å². The topological polar surface area (TPSA) is 64.7 Å². The molecule has 148 valence electrons. The molecule has 2 bridgehead atoms. The van der Waals surface area contributed by atoms with Gasteiger partial charge < -0.3 is 18.6 Å². The van der Waals surface area contributed by atoms with E-state index in [0.29, 0.717) is 36.9 Å². The molecule has 1 amide bonds. The Morgan fingerprint density at radius 3 is 2.76 bits per heavy atom. The number of piperidine rings is 1. The van der Waals surface area contributed by atoms with Gasteiger partial charge >= 0.3 is 0 Å². The molecule has 1 fully saturated rings. The second kappa shape index (κ2) is 7.28. The number of aromatic nitrogens is 1. The fourth-order valence-corrected chi connectivity index (χ4v) is 4.54. The maximum Gasteiger partial charge on any atom is 0.257 e. The highest BCUT2D eigenvalue weighted by molar-refractivity contribution is 5.95. The van der Waals surface area contributed by atoms with Crippen molar-refractivity contribution in [1.29, 1.82) is 0 Å². The van der Waals surface area contributed by atoms with Crippen LogP contribution < -0.4 is 10.3 Å². The average molecular weight is 390 g/mol. The Balaban J connectivity index is 1.34. The number of rotatable bonds is 4. The number of hydrogen-bond donors (Lipinski definition) is 0. The summed E-state index contributed by atoms with van der Waals surface area (Å²) < 4.78 is 13.2. The second-order valence-corrected chi connectivity index (χ2v) is 7.77. The minimum atomic E-state index is -0.0353. The molecule has 0 aliphatic carbocycles. The van der Waals surface area contributed by atoms with Crippen molar-refractivity contribution in [1.82, 2.24) is 9.47 Å². The van der Waals surface area contributed by atoms with E-state index in [9.17, 15) is 9.59 Å². The molecular formula is C23H22N2O4. The molecule has 2 aromatic heterocycles. The van der Waals surface area contributed by atoms with Crippen molar-refractivity contribution < 1.29 is 13.9 Å². The molecule has 29 heavy (non-hydrogen) atoms. The third-order valence-electron chi connectivity index (χ3n) is 5.86. The maximum absolute atomic E-state index is 13.2. The van der Waals surface area contributed by atoms with Gasteiger partial charge in [-0.1, -0.05) is 24.3 Å². The summed E-state index contributed by atoms with van der Waals surface area (Å²) >= 11 is 0. The predicted molar refractivity (Wildman–Crippen MR) is 107 cm³/mol. The van der Waals surface area contributed by atoms with Crippen LogP contribution in [0.1, 0.15) is 34.2 Å². The fraction of sp³-hybridized carbons (Fsp3) is 0.304. The first kappa shape index (κ1) is 17.8. The summed E-state index contributed by atoms with van der Waals surface area (Å²) in [6, 6.07) is 16.6. The van der Waals surface area contributed by atoms with Crippen LogP contribution in [0.5, 0.6) is 5.75 Å². The molecule has 0 spiro atoms. The molecule has 6 heteroatoms. The van der Waals surface area contributed by atoms with Crippen LogP contribution in [0.4, 0.5) is 0 Å². The molecule has 0 N–H and O–H groups in total. The summed E-state index contributed by atoms with van der Waals surface area (Å²) in [4.78, 5) is 27.3. The number of para-hydroxylation sites is 1. The molecule has 4 heterocycles. The summed E-state index contributed by atoms with van der Waals surface area (Å²) in [6.07, 6.45) is 2.55. The second-order valence-electron chi connectivity index (χ2n) is 7.77. The highest BCUT2D eigenvalue weighted by Gasteiger charge is 2.37. The number of ether oxygens (including phenoxy) is 1. The Hall–Kier alpha value is -3.28. The van der Waals surface area contributed by atoms with Gasteiger partial charge in [-0.2, -0.15) is 0 Å². The maximum atomic E-state index is 13.2. The van der Waals surface area contributed by atoms with Gasteiger partial charge in [-0.15, -0.1) is 0 Å². The lowest BCUT2D eigenvalue weighted by molar-refractivity contribution is 0.0590. The van der Waals surface area contributed by atoms with Crippen LogP contribution in [0.2, 0.25) is 0 Å². The van der Waals surface area contributed by atoms with E-state index in [0.717, 1.165) is 17.9 Å². The first-order chi connectivity index (χ1) is 14.2. The fourth-order valence-electron chi connectivity index (χ4n) is 4.54. The molecule has 1 saturated heterocycles. The molecule has 1 aromatic carbocycles. The van der Waals surface area contributed by atoms with Crippen molar-refractivity contribution in [2.24, 2.45) is 5.92 Å². The molecule has 2 atom stereocenters. The van der Waals surface area contributed by atoms with E-state index < -0.39 is 0 Å². The average Bonchev–Trinajstić information content (AvgIpc) is 3.22. The normalized spacial score (nSPS) is 20.2. The summed E-state index contributed by atoms with van der Waals surface area (Å²) in [7, 11) is 0. The lowest BCUT2D eigenvalue weighted by Crippen LogP contribution is -2.49. The highest BCUT2D eigenvalue weighted by atomic mass is 16.5. The standard InChI is InChI=1S/C23H22N2O4/c26-22-8-4-7-20-17-11-16(13-25(20)22)12-24(14-17)23(27)19-9-10-28-21(19)15-29-18-5-2-1-3-6-18/h1-10,16-17H,11-15H2. The zero-order valence-electron chi connectivity index (χ0n) is 16.0. The molecule has 3 aromatic rings. The number of nitrogens with zero attached hydrogens (tertiary/aromatic N) is 2. The number of carbonyl (C=O) groups excluding carboxylic acids is 1. The van der Waals surface area contributed by atoms with Gasteiger partial charge in [-0.25, -0.2) is 0 Å². The van der Waals surface area contributed by atoms with Crippen LogP contribution in [0.3, 0.4) is 0 Å². The zero-order chi connectivity index (χ0) is 19.8. The van der Waals surface area contributed by atoms with Crippen molar-refractivity contribution in [3.05, 3.63) is 88.2 Å². The summed E-state index contributed by atoms with van der Waals surface area (Å²) in [6.45, 7) is 2.14. The van der Waals surface area contributed by atoms with Gasteiger partial charge in [0.25, 0.3) is 11.5 Å². The summed E-state index contributed by atoms with van der Waals surface area (Å²) in [5.41, 5.74) is 1.63. The third kappa shape index (κ3) is 3.35. The van der Waals surface area contributed by atoms with E-state index >= 15 is 0 Å². The van der Waals surface area contributed by atoms with Crippen LogP contribution in [0, 0.1) is 5.92 Å². The van der Waals surface area contributed by atoms with Gasteiger partial charge in [0.15, 0.2) is 5.76 Å². The molecule has 0 saturated carbocycles. The minimum Gasteiger partial charge on any atom is -0.486 e.